The molecule has 4 aromatic rings. The molecule has 0 bridgehead atoms. The zero-order valence-corrected chi connectivity index (χ0v) is 18.2. The van der Waals surface area contributed by atoms with E-state index in [1.807, 2.05) is 58.3 Å². The highest BCUT2D eigenvalue weighted by Gasteiger charge is 2.26. The quantitative estimate of drug-likeness (QED) is 0.491. The van der Waals surface area contributed by atoms with Gasteiger partial charge in [0.15, 0.2) is 11.5 Å². The number of amides is 1. The lowest BCUT2D eigenvalue weighted by Gasteiger charge is -2.35. The third-order valence-electron chi connectivity index (χ3n) is 5.48. The third-order valence-corrected chi connectivity index (χ3v) is 6.25. The molecule has 1 amide bonds. The lowest BCUT2D eigenvalue weighted by molar-refractivity contribution is 0.0741. The van der Waals surface area contributed by atoms with E-state index in [0.717, 1.165) is 33.5 Å². The van der Waals surface area contributed by atoms with Crippen molar-refractivity contribution in [3.63, 3.8) is 0 Å². The Bertz CT molecular complexity index is 1240. The summed E-state index contributed by atoms with van der Waals surface area (Å²) in [5.74, 6) is 1.63. The van der Waals surface area contributed by atoms with Gasteiger partial charge in [0, 0.05) is 49.5 Å². The first-order valence-corrected chi connectivity index (χ1v) is 10.9. The van der Waals surface area contributed by atoms with Crippen molar-refractivity contribution in [1.29, 1.82) is 0 Å². The molecule has 8 nitrogen and oxygen atoms in total. The van der Waals surface area contributed by atoms with Crippen LogP contribution in [0, 0.1) is 6.92 Å². The van der Waals surface area contributed by atoms with Gasteiger partial charge in [-0.15, -0.1) is 11.3 Å². The molecule has 0 atom stereocenters. The number of carbonyl (C=O) groups is 1. The first-order valence-electron chi connectivity index (χ1n) is 10.1. The molecule has 9 heteroatoms. The van der Waals surface area contributed by atoms with Crippen molar-refractivity contribution in [3.05, 3.63) is 58.9 Å². The molecule has 0 saturated carbocycles. The number of rotatable bonds is 4. The van der Waals surface area contributed by atoms with Crippen molar-refractivity contribution >= 4 is 28.7 Å². The Morgan fingerprint density at radius 2 is 2.00 bits per heavy atom. The number of thiazole rings is 1. The lowest BCUT2D eigenvalue weighted by Crippen LogP contribution is -2.49. The molecule has 3 aromatic heterocycles. The van der Waals surface area contributed by atoms with E-state index in [2.05, 4.69) is 19.9 Å². The number of anilines is 1. The van der Waals surface area contributed by atoms with E-state index in [9.17, 15) is 4.79 Å². The number of hydrogen-bond acceptors (Lipinski definition) is 7. The second kappa shape index (κ2) is 7.99. The SMILES string of the molecule is COc1cccc(-c2cnc3c(N4CCN(C(=O)c5csc(C)n5)CC4)nccn23)c1. The summed E-state index contributed by atoms with van der Waals surface area (Å²) in [6.45, 7) is 4.56. The van der Waals surface area contributed by atoms with Gasteiger partial charge in [0.25, 0.3) is 5.91 Å². The molecule has 0 N–H and O–H groups in total. The first kappa shape index (κ1) is 19.5. The summed E-state index contributed by atoms with van der Waals surface area (Å²) < 4.78 is 7.41. The molecule has 1 aromatic carbocycles. The van der Waals surface area contributed by atoms with Crippen molar-refractivity contribution in [2.75, 3.05) is 38.2 Å². The molecular weight excluding hydrogens is 412 g/mol. The highest BCUT2D eigenvalue weighted by Crippen LogP contribution is 2.28. The number of hydrogen-bond donors (Lipinski definition) is 0. The number of fused-ring (bicyclic) bond motifs is 1. The zero-order chi connectivity index (χ0) is 21.4. The number of piperazine rings is 1. The van der Waals surface area contributed by atoms with Gasteiger partial charge in [-0.1, -0.05) is 12.1 Å². The summed E-state index contributed by atoms with van der Waals surface area (Å²) >= 11 is 1.50. The lowest BCUT2D eigenvalue weighted by atomic mass is 10.1. The van der Waals surface area contributed by atoms with Crippen LogP contribution in [0.15, 0.2) is 48.2 Å². The second-order valence-corrected chi connectivity index (χ2v) is 8.41. The standard InChI is InChI=1S/C22H22N6O2S/c1-15-25-18(14-31-15)22(29)27-10-8-26(9-11-27)20-21-24-13-19(28(21)7-6-23-20)16-4-3-5-17(12-16)30-2/h3-7,12-14H,8-11H2,1-2H3. The molecule has 158 valence electrons. The van der Waals surface area contributed by atoms with Gasteiger partial charge in [-0.2, -0.15) is 0 Å². The van der Waals surface area contributed by atoms with Crippen LogP contribution in [-0.4, -0.2) is 63.4 Å². The number of nitrogens with zero attached hydrogens (tertiary/aromatic N) is 6. The summed E-state index contributed by atoms with van der Waals surface area (Å²) in [6, 6.07) is 7.92. The van der Waals surface area contributed by atoms with Crippen LogP contribution in [0.3, 0.4) is 0 Å². The number of benzene rings is 1. The van der Waals surface area contributed by atoms with Crippen LogP contribution in [-0.2, 0) is 0 Å². The zero-order valence-electron chi connectivity index (χ0n) is 17.4. The molecule has 1 aliphatic heterocycles. The molecule has 31 heavy (non-hydrogen) atoms. The fourth-order valence-corrected chi connectivity index (χ4v) is 4.46. The van der Waals surface area contributed by atoms with Crippen molar-refractivity contribution in [1.82, 2.24) is 24.3 Å². The van der Waals surface area contributed by atoms with Crippen LogP contribution in [0.2, 0.25) is 0 Å². The van der Waals surface area contributed by atoms with Gasteiger partial charge in [-0.05, 0) is 19.1 Å². The Hall–Kier alpha value is -3.46. The minimum Gasteiger partial charge on any atom is -0.497 e. The maximum atomic E-state index is 12.7. The smallest absolute Gasteiger partial charge is 0.273 e. The predicted octanol–water partition coefficient (Wildman–Crippen LogP) is 3.13. The molecule has 1 aliphatic rings. The number of ether oxygens (including phenoxy) is 1. The molecule has 0 aliphatic carbocycles. The number of methoxy groups -OCH3 is 1. The largest absolute Gasteiger partial charge is 0.497 e. The number of carbonyl (C=O) groups excluding carboxylic acids is 1. The topological polar surface area (TPSA) is 75.9 Å². The van der Waals surface area contributed by atoms with E-state index >= 15 is 0 Å². The van der Waals surface area contributed by atoms with Crippen LogP contribution in [0.1, 0.15) is 15.5 Å². The highest BCUT2D eigenvalue weighted by atomic mass is 32.1. The average molecular weight is 435 g/mol. The predicted molar refractivity (Wildman–Crippen MR) is 120 cm³/mol. The Kier molecular flexibility index (Phi) is 5.03. The summed E-state index contributed by atoms with van der Waals surface area (Å²) in [5.41, 5.74) is 3.34. The van der Waals surface area contributed by atoms with Gasteiger partial charge in [-0.25, -0.2) is 15.0 Å². The maximum absolute atomic E-state index is 12.7. The van der Waals surface area contributed by atoms with Gasteiger partial charge < -0.3 is 14.5 Å². The van der Waals surface area contributed by atoms with Crippen molar-refractivity contribution in [2.45, 2.75) is 6.92 Å². The molecule has 4 heterocycles. The average Bonchev–Trinajstić information content (AvgIpc) is 3.45. The van der Waals surface area contributed by atoms with Gasteiger partial charge >= 0.3 is 0 Å². The third kappa shape index (κ3) is 3.61. The summed E-state index contributed by atoms with van der Waals surface area (Å²) in [7, 11) is 1.66. The van der Waals surface area contributed by atoms with Crippen molar-refractivity contribution in [2.24, 2.45) is 0 Å². The summed E-state index contributed by atoms with van der Waals surface area (Å²) in [5, 5.41) is 2.74. The van der Waals surface area contributed by atoms with Crippen molar-refractivity contribution < 1.29 is 9.53 Å². The van der Waals surface area contributed by atoms with E-state index in [0.29, 0.717) is 31.9 Å². The van der Waals surface area contributed by atoms with Crippen molar-refractivity contribution in [3.8, 4) is 17.0 Å². The Balaban J connectivity index is 1.38. The highest BCUT2D eigenvalue weighted by molar-refractivity contribution is 7.09. The molecule has 1 fully saturated rings. The van der Waals surface area contributed by atoms with E-state index in [4.69, 9.17) is 4.74 Å². The Morgan fingerprint density at radius 3 is 2.74 bits per heavy atom. The summed E-state index contributed by atoms with van der Waals surface area (Å²) in [4.78, 5) is 30.3. The molecule has 0 spiro atoms. The van der Waals surface area contributed by atoms with E-state index < -0.39 is 0 Å². The number of imidazole rings is 1. The number of aromatic nitrogens is 4. The summed E-state index contributed by atoms with van der Waals surface area (Å²) in [6.07, 6.45) is 5.58. The fraction of sp³-hybridized carbons (Fsp3) is 0.273. The van der Waals surface area contributed by atoms with Gasteiger partial charge in [-0.3, -0.25) is 9.20 Å². The van der Waals surface area contributed by atoms with Gasteiger partial charge in [0.05, 0.1) is 24.0 Å². The molecule has 5 rings (SSSR count). The first-order chi connectivity index (χ1) is 15.1. The van der Waals surface area contributed by atoms with Crippen LogP contribution >= 0.6 is 11.3 Å². The fourth-order valence-electron chi connectivity index (χ4n) is 3.87. The monoisotopic (exact) mass is 434 g/mol. The minimum atomic E-state index is -0.00344. The molecular formula is C22H22N6O2S. The molecule has 1 saturated heterocycles. The maximum Gasteiger partial charge on any atom is 0.273 e. The molecule has 0 radical (unpaired) electrons. The van der Waals surface area contributed by atoms with Gasteiger partial charge in [0.1, 0.15) is 11.4 Å². The van der Waals surface area contributed by atoms with Gasteiger partial charge in [0.2, 0.25) is 0 Å². The molecule has 0 unspecified atom stereocenters. The van der Waals surface area contributed by atoms with E-state index in [-0.39, 0.29) is 5.91 Å². The Morgan fingerprint density at radius 1 is 1.16 bits per heavy atom. The van der Waals surface area contributed by atoms with Crippen LogP contribution < -0.4 is 9.64 Å². The Labute approximate surface area is 183 Å². The van der Waals surface area contributed by atoms with E-state index in [1.165, 1.54) is 11.3 Å². The van der Waals surface area contributed by atoms with Crippen LogP contribution in [0.5, 0.6) is 5.75 Å². The normalized spacial score (nSPS) is 14.3. The van der Waals surface area contributed by atoms with Crippen LogP contribution in [0.25, 0.3) is 16.9 Å². The second-order valence-electron chi connectivity index (χ2n) is 7.35. The number of aryl methyl sites for hydroxylation is 1. The minimum absolute atomic E-state index is 0.00344. The van der Waals surface area contributed by atoms with E-state index in [1.54, 1.807) is 13.3 Å². The van der Waals surface area contributed by atoms with Crippen LogP contribution in [0.4, 0.5) is 5.82 Å².